The summed E-state index contributed by atoms with van der Waals surface area (Å²) in [6.07, 6.45) is -4.03. The fraction of sp³-hybridized carbons (Fsp3) is 0.667. The smallest absolute Gasteiger partial charge is 0.351 e. The molecule has 6 N–H and O–H groups in total. The summed E-state index contributed by atoms with van der Waals surface area (Å²) in [5, 5.41) is 19.4. The van der Waals surface area contributed by atoms with E-state index in [4.69, 9.17) is 20.9 Å². The van der Waals surface area contributed by atoms with Gasteiger partial charge in [0.25, 0.3) is 0 Å². The van der Waals surface area contributed by atoms with Crippen molar-refractivity contribution in [3.63, 3.8) is 0 Å². The van der Waals surface area contributed by atoms with Crippen LogP contribution in [-0.4, -0.2) is 57.6 Å². The van der Waals surface area contributed by atoms with E-state index in [-0.39, 0.29) is 19.0 Å². The van der Waals surface area contributed by atoms with E-state index in [2.05, 4.69) is 4.98 Å². The lowest BCUT2D eigenvalue weighted by Crippen LogP contribution is -2.48. The van der Waals surface area contributed by atoms with Crippen LogP contribution in [0.1, 0.15) is 11.8 Å². The molecule has 0 saturated carbocycles. The van der Waals surface area contributed by atoms with Crippen molar-refractivity contribution in [3.8, 4) is 0 Å². The number of hydrogen-bond acceptors (Lipinski definition) is 8. The fourth-order valence-corrected chi connectivity index (χ4v) is 2.24. The first kappa shape index (κ1) is 16.8. The Morgan fingerprint density at radius 1 is 1.64 bits per heavy atom. The van der Waals surface area contributed by atoms with E-state index in [0.29, 0.717) is 5.56 Å². The number of aryl methyl sites for hydroxylation is 1. The van der Waals surface area contributed by atoms with E-state index < -0.39 is 36.6 Å². The number of aliphatic hydroxyl groups is 2. The number of nitrogens with two attached hydrogens (primary N) is 2. The summed E-state index contributed by atoms with van der Waals surface area (Å²) in [6.45, 7) is 0.801. The van der Waals surface area contributed by atoms with Gasteiger partial charge < -0.3 is 31.2 Å². The Labute approximate surface area is 125 Å². The third-order valence-corrected chi connectivity index (χ3v) is 3.48. The van der Waals surface area contributed by atoms with E-state index in [0.717, 1.165) is 4.57 Å². The number of nitrogens with zero attached hydrogens (tertiary/aromatic N) is 2. The van der Waals surface area contributed by atoms with Gasteiger partial charge in [0.2, 0.25) is 5.79 Å². The number of alkyl halides is 1. The van der Waals surface area contributed by atoms with E-state index in [9.17, 15) is 19.4 Å². The molecule has 0 unspecified atom stereocenters. The average Bonchev–Trinajstić information content (AvgIpc) is 2.74. The molecule has 0 spiro atoms. The highest BCUT2D eigenvalue weighted by Gasteiger charge is 2.57. The highest BCUT2D eigenvalue weighted by Crippen LogP contribution is 2.39. The Hall–Kier alpha value is -1.59. The molecule has 0 bridgehead atoms. The molecule has 0 aromatic carbocycles. The van der Waals surface area contributed by atoms with Crippen molar-refractivity contribution in [2.24, 2.45) is 5.73 Å². The molecule has 124 valence electrons. The summed E-state index contributed by atoms with van der Waals surface area (Å²) in [4.78, 5) is 15.4. The first-order valence-corrected chi connectivity index (χ1v) is 6.66. The van der Waals surface area contributed by atoms with E-state index in [1.807, 2.05) is 0 Å². The number of anilines is 1. The average molecular weight is 318 g/mol. The number of halogens is 1. The molecule has 1 fully saturated rings. The predicted molar refractivity (Wildman–Crippen MR) is 73.5 cm³/mol. The van der Waals surface area contributed by atoms with Gasteiger partial charge in [-0.3, -0.25) is 4.57 Å². The maximum absolute atomic E-state index is 14.4. The van der Waals surface area contributed by atoms with Crippen molar-refractivity contribution in [2.45, 2.75) is 31.2 Å². The second kappa shape index (κ2) is 6.26. The number of aromatic nitrogens is 2. The Morgan fingerprint density at radius 3 is 2.91 bits per heavy atom. The van der Waals surface area contributed by atoms with E-state index in [1.54, 1.807) is 6.92 Å². The maximum Gasteiger partial charge on any atom is 0.351 e. The van der Waals surface area contributed by atoms with Crippen LogP contribution in [0.15, 0.2) is 11.0 Å². The first-order valence-electron chi connectivity index (χ1n) is 6.66. The molecule has 2 rings (SSSR count). The van der Waals surface area contributed by atoms with Gasteiger partial charge in [-0.15, -0.1) is 0 Å². The summed E-state index contributed by atoms with van der Waals surface area (Å²) >= 11 is 0. The normalized spacial score (nSPS) is 31.6. The van der Waals surface area contributed by atoms with Crippen molar-refractivity contribution < 1.29 is 24.1 Å². The van der Waals surface area contributed by atoms with Gasteiger partial charge in [-0.2, -0.15) is 4.98 Å². The highest BCUT2D eigenvalue weighted by molar-refractivity contribution is 5.35. The SMILES string of the molecule is Cc1cn([C@@H]2O[C@@](CO)(OCCN)[C@@H](O)[C@@H]2F)c(=O)nc1N. The lowest BCUT2D eigenvalue weighted by atomic mass is 10.1. The molecule has 1 aliphatic heterocycles. The first-order chi connectivity index (χ1) is 10.4. The van der Waals surface area contributed by atoms with Crippen LogP contribution < -0.4 is 17.2 Å². The van der Waals surface area contributed by atoms with Crippen LogP contribution >= 0.6 is 0 Å². The molecule has 2 heterocycles. The van der Waals surface area contributed by atoms with Crippen molar-refractivity contribution in [1.29, 1.82) is 0 Å². The summed E-state index contributed by atoms with van der Waals surface area (Å²) in [5.41, 5.74) is 10.4. The quantitative estimate of drug-likeness (QED) is 0.489. The third-order valence-electron chi connectivity index (χ3n) is 3.48. The molecule has 0 radical (unpaired) electrons. The lowest BCUT2D eigenvalue weighted by molar-refractivity contribution is -0.280. The van der Waals surface area contributed by atoms with E-state index in [1.165, 1.54) is 6.20 Å². The van der Waals surface area contributed by atoms with Crippen LogP contribution in [0.3, 0.4) is 0 Å². The van der Waals surface area contributed by atoms with Crippen LogP contribution in [0.5, 0.6) is 0 Å². The van der Waals surface area contributed by atoms with Gasteiger partial charge in [-0.25, -0.2) is 9.18 Å². The van der Waals surface area contributed by atoms with E-state index >= 15 is 0 Å². The Kier molecular flexibility index (Phi) is 4.78. The van der Waals surface area contributed by atoms with Gasteiger partial charge in [0.1, 0.15) is 18.5 Å². The Balaban J connectivity index is 2.38. The molecule has 0 aliphatic carbocycles. The predicted octanol–water partition coefficient (Wildman–Crippen LogP) is -1.97. The van der Waals surface area contributed by atoms with Gasteiger partial charge in [0, 0.05) is 18.3 Å². The standard InChI is InChI=1S/C12H19FN4O5/c1-6-4-17(11(20)16-9(6)15)10-7(13)8(19)12(5-18,22-10)21-3-2-14/h4,7-8,10,18-19H,2-3,5,14H2,1H3,(H2,15,16,20)/t7-,8-,10+,12+/m0/s1. The largest absolute Gasteiger partial charge is 0.391 e. The molecule has 1 aromatic rings. The third kappa shape index (κ3) is 2.71. The fourth-order valence-electron chi connectivity index (χ4n) is 2.24. The number of aliphatic hydroxyl groups excluding tert-OH is 2. The van der Waals surface area contributed by atoms with Crippen molar-refractivity contribution in [3.05, 3.63) is 22.2 Å². The van der Waals surface area contributed by atoms with Gasteiger partial charge in [0.05, 0.1) is 6.61 Å². The second-order valence-electron chi connectivity index (χ2n) is 5.00. The zero-order valence-electron chi connectivity index (χ0n) is 12.0. The van der Waals surface area contributed by atoms with Gasteiger partial charge in [0.15, 0.2) is 12.4 Å². The van der Waals surface area contributed by atoms with Crippen LogP contribution in [0.25, 0.3) is 0 Å². The topological polar surface area (TPSA) is 146 Å². The summed E-state index contributed by atoms with van der Waals surface area (Å²) < 4.78 is 25.7. The minimum absolute atomic E-state index is 0.0167. The minimum Gasteiger partial charge on any atom is -0.391 e. The monoisotopic (exact) mass is 318 g/mol. The van der Waals surface area contributed by atoms with Gasteiger partial charge in [-0.1, -0.05) is 0 Å². The Bertz CT molecular complexity index is 597. The number of hydrogen-bond donors (Lipinski definition) is 4. The van der Waals surface area contributed by atoms with Crippen molar-refractivity contribution >= 4 is 5.82 Å². The molecule has 9 nitrogen and oxygen atoms in total. The lowest BCUT2D eigenvalue weighted by Gasteiger charge is -2.29. The number of rotatable bonds is 5. The summed E-state index contributed by atoms with van der Waals surface area (Å²) in [5.74, 6) is -1.97. The zero-order chi connectivity index (χ0) is 16.5. The van der Waals surface area contributed by atoms with Gasteiger partial charge >= 0.3 is 5.69 Å². The minimum atomic E-state index is -2.01. The highest BCUT2D eigenvalue weighted by atomic mass is 19.1. The molecule has 22 heavy (non-hydrogen) atoms. The van der Waals surface area contributed by atoms with Crippen LogP contribution in [0, 0.1) is 6.92 Å². The zero-order valence-corrected chi connectivity index (χ0v) is 12.0. The molecular formula is C12H19FN4O5. The number of ether oxygens (including phenoxy) is 2. The number of nitrogen functional groups attached to an aromatic ring is 1. The second-order valence-corrected chi connectivity index (χ2v) is 5.00. The molecule has 1 aliphatic rings. The Morgan fingerprint density at radius 2 is 2.32 bits per heavy atom. The van der Waals surface area contributed by atoms with Crippen LogP contribution in [0.4, 0.5) is 10.2 Å². The van der Waals surface area contributed by atoms with Crippen molar-refractivity contribution in [2.75, 3.05) is 25.5 Å². The summed E-state index contributed by atoms with van der Waals surface area (Å²) in [7, 11) is 0. The molecule has 4 atom stereocenters. The molecule has 1 saturated heterocycles. The molecular weight excluding hydrogens is 299 g/mol. The van der Waals surface area contributed by atoms with Crippen molar-refractivity contribution in [1.82, 2.24) is 9.55 Å². The van der Waals surface area contributed by atoms with Crippen LogP contribution in [0.2, 0.25) is 0 Å². The molecule has 1 aromatic heterocycles. The summed E-state index contributed by atoms with van der Waals surface area (Å²) in [6, 6.07) is 0. The van der Waals surface area contributed by atoms with Crippen LogP contribution in [-0.2, 0) is 9.47 Å². The maximum atomic E-state index is 14.4. The molecule has 0 amide bonds. The molecule has 10 heteroatoms. The van der Waals surface area contributed by atoms with Gasteiger partial charge in [-0.05, 0) is 6.92 Å².